The molecule has 0 fully saturated rings. The molecule has 2 aliphatic rings. The van der Waals surface area contributed by atoms with Crippen LogP contribution in [0, 0.1) is 13.8 Å². The molecule has 0 saturated heterocycles. The Labute approximate surface area is 139 Å². The molecule has 4 nitrogen and oxygen atoms in total. The van der Waals surface area contributed by atoms with Gasteiger partial charge in [-0.25, -0.2) is 4.98 Å². The standard InChI is InChI=1S/C18H17N2O2S/c1-12-13(2)19-18-16(12)8-14(11-23-22)9-20(18)10-17(21)15-6-4-3-5-7-15/h3-9H,10-11H2,1-2H3/q+1. The number of carbonyl (C=O) groups is 1. The van der Waals surface area contributed by atoms with Crippen molar-refractivity contribution in [1.29, 1.82) is 0 Å². The Morgan fingerprint density at radius 2 is 1.96 bits per heavy atom. The molecule has 0 aromatic heterocycles. The lowest BCUT2D eigenvalue weighted by Gasteiger charge is -2.12. The third kappa shape index (κ3) is 3.05. The van der Waals surface area contributed by atoms with Crippen molar-refractivity contribution in [3.63, 3.8) is 0 Å². The van der Waals surface area contributed by atoms with Gasteiger partial charge in [0, 0.05) is 32.8 Å². The Bertz CT molecular complexity index is 840. The lowest BCUT2D eigenvalue weighted by Crippen LogP contribution is -2.14. The molecule has 0 unspecified atom stereocenters. The SMILES string of the molecule is Cc1nc2n(CC(=O)c3ccccc3)cc(C[S+]=O)cc-2c1C. The van der Waals surface area contributed by atoms with Crippen molar-refractivity contribution < 1.29 is 9.00 Å². The van der Waals surface area contributed by atoms with E-state index in [1.807, 2.05) is 61.0 Å². The van der Waals surface area contributed by atoms with Crippen LogP contribution in [0.1, 0.15) is 27.2 Å². The van der Waals surface area contributed by atoms with Crippen molar-refractivity contribution >= 4 is 17.4 Å². The first-order valence-corrected chi connectivity index (χ1v) is 8.30. The van der Waals surface area contributed by atoms with E-state index < -0.39 is 0 Å². The number of rotatable bonds is 5. The van der Waals surface area contributed by atoms with Crippen molar-refractivity contribution in [3.05, 3.63) is 65.0 Å². The summed E-state index contributed by atoms with van der Waals surface area (Å²) in [6, 6.07) is 11.2. The van der Waals surface area contributed by atoms with Gasteiger partial charge in [0.1, 0.15) is 5.82 Å². The van der Waals surface area contributed by atoms with Crippen LogP contribution in [0.4, 0.5) is 0 Å². The summed E-state index contributed by atoms with van der Waals surface area (Å²) in [5.74, 6) is 1.20. The predicted molar refractivity (Wildman–Crippen MR) is 90.9 cm³/mol. The van der Waals surface area contributed by atoms with Gasteiger partial charge >= 0.3 is 11.7 Å². The van der Waals surface area contributed by atoms with E-state index >= 15 is 0 Å². The van der Waals surface area contributed by atoms with Crippen LogP contribution < -0.4 is 0 Å². The van der Waals surface area contributed by atoms with Gasteiger partial charge in [0.25, 0.3) is 5.75 Å². The molecule has 0 spiro atoms. The van der Waals surface area contributed by atoms with Crippen LogP contribution in [0.15, 0.2) is 42.6 Å². The summed E-state index contributed by atoms with van der Waals surface area (Å²) in [5, 5.41) is 0. The van der Waals surface area contributed by atoms with Crippen LogP contribution in [0.5, 0.6) is 0 Å². The number of carbonyl (C=O) groups excluding carboxylic acids is 1. The number of nitrogens with zero attached hydrogens (tertiary/aromatic N) is 2. The number of aromatic nitrogens is 2. The second kappa shape index (κ2) is 6.38. The highest BCUT2D eigenvalue weighted by Crippen LogP contribution is 2.29. The number of hydrogen-bond donors (Lipinski definition) is 0. The van der Waals surface area contributed by atoms with Crippen molar-refractivity contribution in [2.45, 2.75) is 26.1 Å². The fraction of sp³-hybridized carbons (Fsp3) is 0.222. The Balaban J connectivity index is 2.03. The van der Waals surface area contributed by atoms with Gasteiger partial charge in [-0.05, 0) is 25.5 Å². The first-order valence-electron chi connectivity index (χ1n) is 7.39. The van der Waals surface area contributed by atoms with Crippen molar-refractivity contribution in [3.8, 4) is 11.4 Å². The summed E-state index contributed by atoms with van der Waals surface area (Å²) in [5.41, 5.74) is 4.65. The number of benzene rings is 1. The van der Waals surface area contributed by atoms with E-state index in [9.17, 15) is 9.00 Å². The molecule has 0 saturated carbocycles. The molecule has 1 aromatic carbocycles. The maximum Gasteiger partial charge on any atom is 0.463 e. The van der Waals surface area contributed by atoms with Crippen molar-refractivity contribution in [2.24, 2.45) is 0 Å². The quantitative estimate of drug-likeness (QED) is 0.533. The Kier molecular flexibility index (Phi) is 4.30. The molecule has 3 rings (SSSR count). The minimum absolute atomic E-state index is 0.0298. The molecule has 0 N–H and O–H groups in total. The van der Waals surface area contributed by atoms with Crippen LogP contribution in [-0.2, 0) is 28.2 Å². The average Bonchev–Trinajstić information content (AvgIpc) is 2.84. The summed E-state index contributed by atoms with van der Waals surface area (Å²) in [6.07, 6.45) is 1.86. The van der Waals surface area contributed by atoms with Gasteiger partial charge in [-0.2, -0.15) is 0 Å². The summed E-state index contributed by atoms with van der Waals surface area (Å²) in [7, 11) is 0. The van der Waals surface area contributed by atoms with Gasteiger partial charge in [-0.15, -0.1) is 0 Å². The fourth-order valence-electron chi connectivity index (χ4n) is 2.68. The van der Waals surface area contributed by atoms with E-state index in [4.69, 9.17) is 0 Å². The normalized spacial score (nSPS) is 10.9. The number of hydrogen-bond acceptors (Lipinski definition) is 3. The van der Waals surface area contributed by atoms with Crippen LogP contribution in [0.2, 0.25) is 0 Å². The monoisotopic (exact) mass is 325 g/mol. The molecule has 0 amide bonds. The zero-order valence-electron chi connectivity index (χ0n) is 13.1. The highest BCUT2D eigenvalue weighted by Gasteiger charge is 2.20. The minimum Gasteiger partial charge on any atom is -0.324 e. The number of pyridine rings is 1. The molecule has 0 bridgehead atoms. The van der Waals surface area contributed by atoms with E-state index in [-0.39, 0.29) is 12.3 Å². The number of aryl methyl sites for hydroxylation is 1. The maximum atomic E-state index is 12.5. The first kappa shape index (κ1) is 15.5. The molecular formula is C18H17N2O2S+. The molecule has 1 aromatic rings. The van der Waals surface area contributed by atoms with Gasteiger partial charge in [0.15, 0.2) is 5.78 Å². The Morgan fingerprint density at radius 3 is 2.65 bits per heavy atom. The third-order valence-corrected chi connectivity index (χ3v) is 4.47. The van der Waals surface area contributed by atoms with Crippen LogP contribution >= 0.6 is 0 Å². The highest BCUT2D eigenvalue weighted by molar-refractivity contribution is 7.64. The zero-order valence-corrected chi connectivity index (χ0v) is 13.9. The second-order valence-corrected chi connectivity index (χ2v) is 6.11. The van der Waals surface area contributed by atoms with Crippen molar-refractivity contribution in [2.75, 3.05) is 0 Å². The van der Waals surface area contributed by atoms with Crippen LogP contribution in [0.3, 0.4) is 0 Å². The second-order valence-electron chi connectivity index (χ2n) is 5.59. The van der Waals surface area contributed by atoms with E-state index in [0.717, 1.165) is 28.2 Å². The first-order chi connectivity index (χ1) is 11.1. The van der Waals surface area contributed by atoms with Crippen molar-refractivity contribution in [1.82, 2.24) is 9.55 Å². The lowest BCUT2D eigenvalue weighted by molar-refractivity contribution is 0.0972. The highest BCUT2D eigenvalue weighted by atomic mass is 32.1. The molecule has 5 heteroatoms. The van der Waals surface area contributed by atoms with Crippen LogP contribution in [0.25, 0.3) is 11.4 Å². The maximum absolute atomic E-state index is 12.5. The smallest absolute Gasteiger partial charge is 0.324 e. The topological polar surface area (TPSA) is 52.0 Å². The predicted octanol–water partition coefficient (Wildman–Crippen LogP) is 3.42. The number of fused-ring (bicyclic) bond motifs is 1. The molecule has 0 aliphatic carbocycles. The molecule has 2 heterocycles. The zero-order chi connectivity index (χ0) is 16.4. The summed E-state index contributed by atoms with van der Waals surface area (Å²) >= 11 is 0.531. The van der Waals surface area contributed by atoms with E-state index in [1.54, 1.807) is 0 Å². The molecule has 23 heavy (non-hydrogen) atoms. The van der Waals surface area contributed by atoms with Gasteiger partial charge in [-0.1, -0.05) is 30.3 Å². The Morgan fingerprint density at radius 1 is 1.22 bits per heavy atom. The van der Waals surface area contributed by atoms with E-state index in [0.29, 0.717) is 23.0 Å². The molecule has 0 radical (unpaired) electrons. The molecule has 116 valence electrons. The molecular weight excluding hydrogens is 308 g/mol. The molecule has 2 aliphatic heterocycles. The third-order valence-electron chi connectivity index (χ3n) is 4.02. The van der Waals surface area contributed by atoms with Gasteiger partial charge in [-0.3, -0.25) is 4.79 Å². The van der Waals surface area contributed by atoms with Gasteiger partial charge in [0.05, 0.1) is 6.54 Å². The number of ketones is 1. The Hall–Kier alpha value is -2.40. The summed E-state index contributed by atoms with van der Waals surface area (Å²) in [6.45, 7) is 4.19. The fourth-order valence-corrected chi connectivity index (χ4v) is 2.97. The van der Waals surface area contributed by atoms with E-state index in [1.165, 1.54) is 0 Å². The largest absolute Gasteiger partial charge is 0.463 e. The average molecular weight is 325 g/mol. The van der Waals surface area contributed by atoms with Gasteiger partial charge in [0.2, 0.25) is 0 Å². The van der Waals surface area contributed by atoms with Gasteiger partial charge < -0.3 is 4.57 Å². The summed E-state index contributed by atoms with van der Waals surface area (Å²) in [4.78, 5) is 17.1. The number of Topliss-reactive ketones (excluding diaryl/α,β-unsaturated/α-hetero) is 1. The van der Waals surface area contributed by atoms with E-state index in [2.05, 4.69) is 4.98 Å². The minimum atomic E-state index is 0.0298. The van der Waals surface area contributed by atoms with Crippen LogP contribution in [-0.4, -0.2) is 15.3 Å². The summed E-state index contributed by atoms with van der Waals surface area (Å²) < 4.78 is 12.8. The molecule has 0 atom stereocenters. The lowest BCUT2D eigenvalue weighted by atomic mass is 10.1.